The molecule has 0 saturated heterocycles. The summed E-state index contributed by atoms with van der Waals surface area (Å²) in [5.74, 6) is 0. The van der Waals surface area contributed by atoms with Crippen LogP contribution in [0.15, 0.2) is 0 Å². The molecule has 72 valence electrons. The zero-order chi connectivity index (χ0) is 9.78. The van der Waals surface area contributed by atoms with E-state index in [-0.39, 0.29) is 13.0 Å². The van der Waals surface area contributed by atoms with Gasteiger partial charge in [0.15, 0.2) is 0 Å². The molecule has 12 heavy (non-hydrogen) atoms. The van der Waals surface area contributed by atoms with Crippen molar-refractivity contribution in [3.8, 4) is 0 Å². The average molecular weight is 179 g/mol. The van der Waals surface area contributed by atoms with Gasteiger partial charge in [0.2, 0.25) is 0 Å². The number of halogens is 1. The standard InChI is InChI=1S/C7H14FNO3/c1-7(2,8)3-5(4-10)9-6(11)12/h5,9-10H,3-4H2,1-2H3,(H,11,12). The van der Waals surface area contributed by atoms with Crippen LogP contribution in [0, 0.1) is 0 Å². The molecule has 0 fully saturated rings. The Labute approximate surface area is 70.4 Å². The zero-order valence-electron chi connectivity index (χ0n) is 7.17. The van der Waals surface area contributed by atoms with Gasteiger partial charge in [-0.25, -0.2) is 9.18 Å². The number of hydrogen-bond acceptors (Lipinski definition) is 2. The summed E-state index contributed by atoms with van der Waals surface area (Å²) < 4.78 is 12.9. The van der Waals surface area contributed by atoms with Crippen LogP contribution in [0.1, 0.15) is 20.3 Å². The molecule has 0 saturated carbocycles. The molecular weight excluding hydrogens is 165 g/mol. The van der Waals surface area contributed by atoms with E-state index < -0.39 is 17.8 Å². The highest BCUT2D eigenvalue weighted by Crippen LogP contribution is 2.15. The van der Waals surface area contributed by atoms with Crippen molar-refractivity contribution in [3.63, 3.8) is 0 Å². The molecule has 4 nitrogen and oxygen atoms in total. The van der Waals surface area contributed by atoms with E-state index in [1.54, 1.807) is 0 Å². The number of aliphatic hydroxyl groups excluding tert-OH is 1. The minimum absolute atomic E-state index is 0.0319. The molecular formula is C7H14FNO3. The molecule has 0 rings (SSSR count). The maximum absolute atomic E-state index is 12.9. The van der Waals surface area contributed by atoms with E-state index in [9.17, 15) is 9.18 Å². The summed E-state index contributed by atoms with van der Waals surface area (Å²) in [5.41, 5.74) is -1.48. The van der Waals surface area contributed by atoms with Crippen molar-refractivity contribution in [1.29, 1.82) is 0 Å². The summed E-state index contributed by atoms with van der Waals surface area (Å²) in [6, 6.07) is -0.734. The van der Waals surface area contributed by atoms with Gasteiger partial charge in [0, 0.05) is 6.42 Å². The summed E-state index contributed by atoms with van der Waals surface area (Å²) in [6.45, 7) is 2.28. The van der Waals surface area contributed by atoms with Crippen LogP contribution in [0.3, 0.4) is 0 Å². The molecule has 0 aliphatic rings. The second-order valence-corrected chi connectivity index (χ2v) is 3.25. The molecule has 3 N–H and O–H groups in total. The largest absolute Gasteiger partial charge is 0.465 e. The molecule has 0 aliphatic heterocycles. The molecule has 0 aliphatic carbocycles. The fourth-order valence-electron chi connectivity index (χ4n) is 0.922. The van der Waals surface area contributed by atoms with Crippen LogP contribution in [0.25, 0.3) is 0 Å². The van der Waals surface area contributed by atoms with Crippen molar-refractivity contribution in [3.05, 3.63) is 0 Å². The smallest absolute Gasteiger partial charge is 0.404 e. The molecule has 0 aromatic carbocycles. The molecule has 0 aromatic rings. The highest BCUT2D eigenvalue weighted by molar-refractivity contribution is 5.64. The van der Waals surface area contributed by atoms with Gasteiger partial charge in [0.05, 0.1) is 12.6 Å². The number of nitrogens with one attached hydrogen (secondary N) is 1. The van der Waals surface area contributed by atoms with Crippen molar-refractivity contribution in [2.24, 2.45) is 0 Å². The van der Waals surface area contributed by atoms with Gasteiger partial charge >= 0.3 is 6.09 Å². The second-order valence-electron chi connectivity index (χ2n) is 3.25. The predicted octanol–water partition coefficient (Wildman–Crippen LogP) is 0.753. The Morgan fingerprint density at radius 2 is 2.17 bits per heavy atom. The Hall–Kier alpha value is -0.840. The third-order valence-electron chi connectivity index (χ3n) is 1.28. The third kappa shape index (κ3) is 5.91. The normalized spacial score (nSPS) is 14.0. The first kappa shape index (κ1) is 11.2. The van der Waals surface area contributed by atoms with Crippen molar-refractivity contribution in [2.75, 3.05) is 6.61 Å². The second kappa shape index (κ2) is 4.25. The van der Waals surface area contributed by atoms with E-state index in [1.165, 1.54) is 13.8 Å². The molecule has 0 spiro atoms. The lowest BCUT2D eigenvalue weighted by molar-refractivity contribution is 0.135. The number of hydrogen-bond donors (Lipinski definition) is 3. The Morgan fingerprint density at radius 1 is 1.67 bits per heavy atom. The van der Waals surface area contributed by atoms with E-state index in [1.807, 2.05) is 5.32 Å². The van der Waals surface area contributed by atoms with Crippen LogP contribution >= 0.6 is 0 Å². The third-order valence-corrected chi connectivity index (χ3v) is 1.28. The summed E-state index contributed by atoms with van der Waals surface area (Å²) in [4.78, 5) is 10.1. The topological polar surface area (TPSA) is 69.6 Å². The van der Waals surface area contributed by atoms with Gasteiger partial charge in [-0.2, -0.15) is 0 Å². The van der Waals surface area contributed by atoms with Crippen molar-refractivity contribution >= 4 is 6.09 Å². The van der Waals surface area contributed by atoms with Crippen LogP contribution in [0.4, 0.5) is 9.18 Å². The predicted molar refractivity (Wildman–Crippen MR) is 41.8 cm³/mol. The van der Waals surface area contributed by atoms with Crippen LogP contribution in [-0.4, -0.2) is 34.6 Å². The maximum atomic E-state index is 12.9. The van der Waals surface area contributed by atoms with Gasteiger partial charge in [-0.05, 0) is 13.8 Å². The summed E-state index contributed by atoms with van der Waals surface area (Å²) in [5, 5.41) is 18.9. The number of rotatable bonds is 4. The number of aliphatic hydroxyl groups is 1. The van der Waals surface area contributed by atoms with E-state index in [0.717, 1.165) is 0 Å². The van der Waals surface area contributed by atoms with Gasteiger partial charge in [-0.15, -0.1) is 0 Å². The van der Waals surface area contributed by atoms with E-state index in [4.69, 9.17) is 10.2 Å². The molecule has 1 amide bonds. The number of alkyl halides is 1. The van der Waals surface area contributed by atoms with E-state index in [0.29, 0.717) is 0 Å². The van der Waals surface area contributed by atoms with Crippen LogP contribution in [-0.2, 0) is 0 Å². The summed E-state index contributed by atoms with van der Waals surface area (Å²) >= 11 is 0. The van der Waals surface area contributed by atoms with Gasteiger partial charge in [0.1, 0.15) is 5.67 Å². The number of carbonyl (C=O) groups is 1. The lowest BCUT2D eigenvalue weighted by Crippen LogP contribution is -2.40. The average Bonchev–Trinajstić information content (AvgIpc) is 1.82. The molecule has 0 aromatic heterocycles. The quantitative estimate of drug-likeness (QED) is 0.596. The fraction of sp³-hybridized carbons (Fsp3) is 0.857. The SMILES string of the molecule is CC(C)(F)CC(CO)NC(=O)O. The van der Waals surface area contributed by atoms with Gasteiger partial charge in [-0.1, -0.05) is 0 Å². The first-order chi connectivity index (χ1) is 5.35. The Morgan fingerprint density at radius 3 is 2.42 bits per heavy atom. The number of amides is 1. The van der Waals surface area contributed by atoms with Crippen LogP contribution < -0.4 is 5.32 Å². The molecule has 1 atom stereocenters. The highest BCUT2D eigenvalue weighted by atomic mass is 19.1. The lowest BCUT2D eigenvalue weighted by atomic mass is 10.0. The molecule has 0 bridgehead atoms. The van der Waals surface area contributed by atoms with Crippen LogP contribution in [0.2, 0.25) is 0 Å². The zero-order valence-corrected chi connectivity index (χ0v) is 7.17. The van der Waals surface area contributed by atoms with E-state index >= 15 is 0 Å². The molecule has 0 radical (unpaired) electrons. The first-order valence-electron chi connectivity index (χ1n) is 3.64. The molecule has 5 heteroatoms. The van der Waals surface area contributed by atoms with Crippen molar-refractivity contribution < 1.29 is 19.4 Å². The summed E-state index contributed by atoms with van der Waals surface area (Å²) in [6.07, 6.45) is -1.28. The maximum Gasteiger partial charge on any atom is 0.404 e. The first-order valence-corrected chi connectivity index (χ1v) is 3.64. The lowest BCUT2D eigenvalue weighted by Gasteiger charge is -2.20. The Kier molecular flexibility index (Phi) is 3.95. The summed E-state index contributed by atoms with van der Waals surface area (Å²) in [7, 11) is 0. The van der Waals surface area contributed by atoms with Gasteiger partial charge in [-0.3, -0.25) is 0 Å². The van der Waals surface area contributed by atoms with Crippen LogP contribution in [0.5, 0.6) is 0 Å². The fourth-order valence-corrected chi connectivity index (χ4v) is 0.922. The Balaban J connectivity index is 3.92. The van der Waals surface area contributed by atoms with Crippen molar-refractivity contribution in [2.45, 2.75) is 32.0 Å². The van der Waals surface area contributed by atoms with Crippen molar-refractivity contribution in [1.82, 2.24) is 5.32 Å². The minimum Gasteiger partial charge on any atom is -0.465 e. The van der Waals surface area contributed by atoms with Gasteiger partial charge < -0.3 is 15.5 Å². The highest BCUT2D eigenvalue weighted by Gasteiger charge is 2.22. The number of carboxylic acid groups (broad SMARTS) is 1. The monoisotopic (exact) mass is 179 g/mol. The van der Waals surface area contributed by atoms with E-state index in [2.05, 4.69) is 0 Å². The van der Waals surface area contributed by atoms with Gasteiger partial charge in [0.25, 0.3) is 0 Å². The Bertz CT molecular complexity index is 155. The minimum atomic E-state index is -1.48. The molecule has 0 heterocycles. The molecule has 1 unspecified atom stereocenters.